The van der Waals surface area contributed by atoms with Gasteiger partial charge >= 0.3 is 0 Å². The fourth-order valence-electron chi connectivity index (χ4n) is 2.11. The molecule has 1 unspecified atom stereocenters. The highest BCUT2D eigenvalue weighted by Gasteiger charge is 2.41. The lowest BCUT2D eigenvalue weighted by molar-refractivity contribution is -0.921. The molecule has 2 rings (SSSR count). The van der Waals surface area contributed by atoms with Gasteiger partial charge in [0.15, 0.2) is 0 Å². The van der Waals surface area contributed by atoms with Crippen molar-refractivity contribution >= 4 is 52.0 Å². The first kappa shape index (κ1) is 17.6. The number of carbonyl (C=O) groups is 1. The summed E-state index contributed by atoms with van der Waals surface area (Å²) in [4.78, 5) is 13.7. The molecule has 2 N–H and O–H groups in total. The first-order valence-electron chi connectivity index (χ1n) is 6.65. The van der Waals surface area contributed by atoms with Crippen LogP contribution in [0.15, 0.2) is 47.8 Å². The van der Waals surface area contributed by atoms with Crippen molar-refractivity contribution in [3.63, 3.8) is 0 Å². The monoisotopic (exact) mass is 377 g/mol. The summed E-state index contributed by atoms with van der Waals surface area (Å²) in [6.45, 7) is 0.629. The van der Waals surface area contributed by atoms with E-state index in [4.69, 9.17) is 34.8 Å². The van der Waals surface area contributed by atoms with E-state index in [1.807, 2.05) is 48.8 Å². The number of carbonyl (C=O) groups excluding carboxylic acids is 1. The average Bonchev–Trinajstić information content (AvgIpc) is 2.98. The van der Waals surface area contributed by atoms with Gasteiger partial charge in [-0.25, -0.2) is 0 Å². The third kappa shape index (κ3) is 4.86. The van der Waals surface area contributed by atoms with Gasteiger partial charge in [-0.2, -0.15) is 0 Å². The van der Waals surface area contributed by atoms with E-state index >= 15 is 0 Å². The van der Waals surface area contributed by atoms with Gasteiger partial charge in [-0.1, -0.05) is 71.2 Å². The van der Waals surface area contributed by atoms with E-state index in [1.54, 1.807) is 6.07 Å². The van der Waals surface area contributed by atoms with Gasteiger partial charge in [-0.3, -0.25) is 10.1 Å². The number of benzene rings is 1. The highest BCUT2D eigenvalue weighted by Crippen LogP contribution is 2.28. The Morgan fingerprint density at radius 3 is 2.45 bits per heavy atom. The van der Waals surface area contributed by atoms with E-state index in [1.165, 1.54) is 11.3 Å². The van der Waals surface area contributed by atoms with E-state index in [0.29, 0.717) is 11.4 Å². The van der Waals surface area contributed by atoms with E-state index in [0.717, 1.165) is 10.5 Å². The maximum absolute atomic E-state index is 12.2. The van der Waals surface area contributed by atoms with Crippen molar-refractivity contribution in [3.05, 3.63) is 58.3 Å². The Morgan fingerprint density at radius 1 is 1.23 bits per heavy atom. The maximum atomic E-state index is 12.2. The molecule has 22 heavy (non-hydrogen) atoms. The lowest BCUT2D eigenvalue weighted by Crippen LogP contribution is -3.15. The predicted octanol–water partition coefficient (Wildman–Crippen LogP) is 2.89. The minimum atomic E-state index is -1.61. The van der Waals surface area contributed by atoms with Crippen LogP contribution in [-0.2, 0) is 6.54 Å². The molecule has 0 saturated carbocycles. The number of nitrogens with one attached hydrogen (secondary N) is 2. The van der Waals surface area contributed by atoms with E-state index in [2.05, 4.69) is 5.32 Å². The molecule has 2 aromatic rings. The Bertz CT molecular complexity index is 599. The second-order valence-electron chi connectivity index (χ2n) is 4.93. The largest absolute Gasteiger partial charge is 0.310 e. The Kier molecular flexibility index (Phi) is 6.12. The molecule has 1 amide bonds. The molecular formula is C15H16Cl3N2OS+. The molecular weight excluding hydrogens is 363 g/mol. The third-order valence-electron chi connectivity index (χ3n) is 3.17. The average molecular weight is 379 g/mol. The first-order valence-corrected chi connectivity index (χ1v) is 8.66. The van der Waals surface area contributed by atoms with Crippen LogP contribution in [0, 0.1) is 0 Å². The summed E-state index contributed by atoms with van der Waals surface area (Å²) >= 11 is 19.5. The molecule has 0 spiro atoms. The molecule has 3 nitrogen and oxygen atoms in total. The third-order valence-corrected chi connectivity index (χ3v) is 4.69. The number of quaternary nitrogens is 1. The van der Waals surface area contributed by atoms with Gasteiger partial charge in [0.1, 0.15) is 6.54 Å². The molecule has 1 aromatic heterocycles. The summed E-state index contributed by atoms with van der Waals surface area (Å²) in [5.74, 6) is -0.237. The van der Waals surface area contributed by atoms with Crippen molar-refractivity contribution in [3.8, 4) is 0 Å². The van der Waals surface area contributed by atoms with Gasteiger partial charge in [0, 0.05) is 5.56 Å². The molecule has 1 heterocycles. The van der Waals surface area contributed by atoms with Crippen molar-refractivity contribution in [1.29, 1.82) is 0 Å². The van der Waals surface area contributed by atoms with Crippen LogP contribution in [0.3, 0.4) is 0 Å². The molecule has 7 heteroatoms. The summed E-state index contributed by atoms with van der Waals surface area (Å²) in [6, 6.07) is 13.4. The number of halogens is 3. The smallest absolute Gasteiger partial charge is 0.265 e. The molecule has 118 valence electrons. The highest BCUT2D eigenvalue weighted by atomic mass is 35.6. The van der Waals surface area contributed by atoms with Crippen molar-refractivity contribution in [1.82, 2.24) is 5.32 Å². The molecule has 0 bridgehead atoms. The van der Waals surface area contributed by atoms with Gasteiger partial charge in [0.2, 0.25) is 6.17 Å². The number of alkyl halides is 3. The summed E-state index contributed by atoms with van der Waals surface area (Å²) in [5, 5.41) is 4.65. The van der Waals surface area contributed by atoms with Crippen LogP contribution in [-0.4, -0.2) is 22.9 Å². The molecule has 0 aliphatic rings. The second-order valence-corrected chi connectivity index (χ2v) is 8.25. The number of hydrogen-bond donors (Lipinski definition) is 2. The lowest BCUT2D eigenvalue weighted by atomic mass is 10.2. The van der Waals surface area contributed by atoms with Crippen molar-refractivity contribution in [2.75, 3.05) is 7.05 Å². The second kappa shape index (κ2) is 7.66. The molecule has 0 saturated heterocycles. The number of rotatable bonds is 5. The van der Waals surface area contributed by atoms with Crippen molar-refractivity contribution < 1.29 is 9.69 Å². The number of amides is 1. The highest BCUT2D eigenvalue weighted by molar-refractivity contribution is 7.12. The maximum Gasteiger partial charge on any atom is 0.265 e. The Balaban J connectivity index is 2.10. The van der Waals surface area contributed by atoms with Gasteiger partial charge in [-0.05, 0) is 11.4 Å². The molecule has 0 aliphatic heterocycles. The topological polar surface area (TPSA) is 33.5 Å². The molecule has 0 fully saturated rings. The van der Waals surface area contributed by atoms with E-state index in [-0.39, 0.29) is 5.91 Å². The van der Waals surface area contributed by atoms with Gasteiger partial charge in [-0.15, -0.1) is 11.3 Å². The van der Waals surface area contributed by atoms with Crippen LogP contribution in [0.2, 0.25) is 0 Å². The van der Waals surface area contributed by atoms with Crippen LogP contribution < -0.4 is 10.2 Å². The van der Waals surface area contributed by atoms with Crippen LogP contribution in [0.5, 0.6) is 0 Å². The van der Waals surface area contributed by atoms with Crippen LogP contribution in [0.25, 0.3) is 0 Å². The Labute approximate surface area is 148 Å². The Morgan fingerprint density at radius 2 is 1.91 bits per heavy atom. The lowest BCUT2D eigenvalue weighted by Gasteiger charge is -2.30. The molecule has 1 aromatic carbocycles. The molecule has 0 aliphatic carbocycles. The quantitative estimate of drug-likeness (QED) is 0.609. The van der Waals surface area contributed by atoms with Crippen molar-refractivity contribution in [2.24, 2.45) is 0 Å². The summed E-state index contributed by atoms with van der Waals surface area (Å²) in [6.07, 6.45) is -0.660. The van der Waals surface area contributed by atoms with Crippen LogP contribution in [0.1, 0.15) is 15.2 Å². The predicted molar refractivity (Wildman–Crippen MR) is 92.9 cm³/mol. The van der Waals surface area contributed by atoms with Crippen LogP contribution >= 0.6 is 46.1 Å². The zero-order valence-corrected chi connectivity index (χ0v) is 14.9. The number of hydrogen-bond acceptors (Lipinski definition) is 2. The Hall–Kier alpha value is -0.780. The number of thiophene rings is 1. The van der Waals surface area contributed by atoms with Crippen LogP contribution in [0.4, 0.5) is 0 Å². The summed E-state index contributed by atoms with van der Waals surface area (Å²) in [7, 11) is 1.88. The van der Waals surface area contributed by atoms with E-state index in [9.17, 15) is 4.79 Å². The molecule has 2 atom stereocenters. The SMILES string of the molecule is C[NH+](Cc1ccccc1)[C@H](NC(=O)c1cccs1)C(Cl)(Cl)Cl. The normalized spacial score (nSPS) is 14.4. The zero-order valence-electron chi connectivity index (χ0n) is 11.9. The molecule has 0 radical (unpaired) electrons. The first-order chi connectivity index (χ1) is 10.4. The summed E-state index contributed by atoms with van der Waals surface area (Å²) < 4.78 is -1.61. The van der Waals surface area contributed by atoms with Gasteiger partial charge < -0.3 is 4.90 Å². The van der Waals surface area contributed by atoms with E-state index < -0.39 is 9.96 Å². The fraction of sp³-hybridized carbons (Fsp3) is 0.267. The fourth-order valence-corrected chi connectivity index (χ4v) is 3.46. The standard InChI is InChI=1S/C15H15Cl3N2OS/c1-20(10-11-6-3-2-4-7-11)14(15(16,17)18)19-13(21)12-8-5-9-22-12/h2-9,14H,10H2,1H3,(H,19,21)/p+1/t14-/m0/s1. The zero-order chi connectivity index (χ0) is 16.2. The van der Waals surface area contributed by atoms with Gasteiger partial charge in [0.05, 0.1) is 11.9 Å². The summed E-state index contributed by atoms with van der Waals surface area (Å²) in [5.41, 5.74) is 1.10. The minimum Gasteiger partial charge on any atom is -0.310 e. The van der Waals surface area contributed by atoms with Crippen molar-refractivity contribution in [2.45, 2.75) is 16.5 Å². The van der Waals surface area contributed by atoms with Gasteiger partial charge in [0.25, 0.3) is 9.70 Å². The minimum absolute atomic E-state index is 0.237.